The minimum absolute atomic E-state index is 0.200. The van der Waals surface area contributed by atoms with Crippen molar-refractivity contribution in [3.63, 3.8) is 0 Å². The first-order chi connectivity index (χ1) is 9.66. The molecule has 0 aliphatic carbocycles. The van der Waals surface area contributed by atoms with E-state index < -0.39 is 11.6 Å². The molecule has 1 fully saturated rings. The molecule has 1 atom stereocenters. The first kappa shape index (κ1) is 13.7. The predicted molar refractivity (Wildman–Crippen MR) is 72.7 cm³/mol. The molecule has 1 aromatic carbocycles. The Morgan fingerprint density at radius 1 is 1.35 bits per heavy atom. The van der Waals surface area contributed by atoms with Crippen molar-refractivity contribution in [1.29, 1.82) is 0 Å². The number of nitrogens with one attached hydrogen (secondary N) is 1. The summed E-state index contributed by atoms with van der Waals surface area (Å²) in [6.07, 6.45) is 2.93. The lowest BCUT2D eigenvalue weighted by molar-refractivity contribution is 0.0240. The van der Waals surface area contributed by atoms with Gasteiger partial charge in [-0.1, -0.05) is 0 Å². The largest absolute Gasteiger partial charge is 0.369 e. The van der Waals surface area contributed by atoms with Crippen LogP contribution in [0.2, 0.25) is 0 Å². The maximum absolute atomic E-state index is 14.0. The third-order valence-corrected chi connectivity index (χ3v) is 3.78. The molecule has 20 heavy (non-hydrogen) atoms. The molecule has 0 amide bonds. The van der Waals surface area contributed by atoms with E-state index in [1.165, 1.54) is 12.4 Å². The minimum Gasteiger partial charge on any atom is -0.369 e. The number of nitrogens with zero attached hydrogens (tertiary/aromatic N) is 2. The molecular formula is C13H12BrF2N3O. The standard InChI is InChI=1S/C13H12BrF2N3O/c14-8-3-11(10(16)4-9(8)15)19-7-18-5-12(19)13-6-17-1-2-20-13/h3-5,7,13,17H,1-2,6H2. The summed E-state index contributed by atoms with van der Waals surface area (Å²) in [6, 6.07) is 2.25. The zero-order valence-corrected chi connectivity index (χ0v) is 12.0. The first-order valence-electron chi connectivity index (χ1n) is 6.16. The lowest BCUT2D eigenvalue weighted by atomic mass is 10.2. The Hall–Kier alpha value is -1.31. The molecule has 1 aliphatic heterocycles. The number of halogens is 3. The zero-order valence-electron chi connectivity index (χ0n) is 10.4. The third kappa shape index (κ3) is 2.48. The summed E-state index contributed by atoms with van der Waals surface area (Å²) in [4.78, 5) is 4.05. The van der Waals surface area contributed by atoms with E-state index in [2.05, 4.69) is 26.2 Å². The zero-order chi connectivity index (χ0) is 14.1. The van der Waals surface area contributed by atoms with Gasteiger partial charge in [0.05, 0.1) is 35.0 Å². The molecule has 4 nitrogen and oxygen atoms in total. The van der Waals surface area contributed by atoms with Gasteiger partial charge in [0.2, 0.25) is 0 Å². The number of aromatic nitrogens is 2. The molecule has 1 N–H and O–H groups in total. The van der Waals surface area contributed by atoms with E-state index in [9.17, 15) is 8.78 Å². The molecule has 0 radical (unpaired) electrons. The molecule has 1 saturated heterocycles. The van der Waals surface area contributed by atoms with Gasteiger partial charge >= 0.3 is 0 Å². The number of morpholine rings is 1. The van der Waals surface area contributed by atoms with Crippen molar-refractivity contribution in [1.82, 2.24) is 14.9 Å². The van der Waals surface area contributed by atoms with Crippen molar-refractivity contribution in [3.8, 4) is 5.69 Å². The molecule has 2 heterocycles. The normalized spacial score (nSPS) is 19.2. The highest BCUT2D eigenvalue weighted by Gasteiger charge is 2.21. The van der Waals surface area contributed by atoms with Crippen LogP contribution in [0.1, 0.15) is 11.8 Å². The summed E-state index contributed by atoms with van der Waals surface area (Å²) in [5, 5.41) is 3.21. The van der Waals surface area contributed by atoms with Crippen molar-refractivity contribution < 1.29 is 13.5 Å². The molecule has 0 bridgehead atoms. The average molecular weight is 344 g/mol. The molecule has 3 rings (SSSR count). The summed E-state index contributed by atoms with van der Waals surface area (Å²) in [5.41, 5.74) is 0.967. The van der Waals surface area contributed by atoms with Crippen LogP contribution < -0.4 is 5.32 Å². The van der Waals surface area contributed by atoms with Crippen molar-refractivity contribution in [2.75, 3.05) is 19.7 Å². The topological polar surface area (TPSA) is 39.1 Å². The number of hydrogen-bond acceptors (Lipinski definition) is 3. The molecule has 1 aromatic heterocycles. The maximum Gasteiger partial charge on any atom is 0.150 e. The lowest BCUT2D eigenvalue weighted by Gasteiger charge is -2.24. The van der Waals surface area contributed by atoms with E-state index in [0.29, 0.717) is 13.2 Å². The van der Waals surface area contributed by atoms with Gasteiger partial charge in [0.25, 0.3) is 0 Å². The van der Waals surface area contributed by atoms with E-state index in [4.69, 9.17) is 4.74 Å². The fourth-order valence-corrected chi connectivity index (χ4v) is 2.53. The number of ether oxygens (including phenoxy) is 1. The quantitative estimate of drug-likeness (QED) is 0.852. The van der Waals surface area contributed by atoms with Crippen LogP contribution in [0.25, 0.3) is 5.69 Å². The summed E-state index contributed by atoms with van der Waals surface area (Å²) in [5.74, 6) is -1.28. The van der Waals surface area contributed by atoms with E-state index in [-0.39, 0.29) is 16.3 Å². The van der Waals surface area contributed by atoms with Gasteiger partial charge in [-0.3, -0.25) is 4.57 Å². The summed E-state index contributed by atoms with van der Waals surface area (Å²) in [6.45, 7) is 2.02. The number of hydrogen-bond donors (Lipinski definition) is 1. The molecule has 7 heteroatoms. The number of benzene rings is 1. The van der Waals surface area contributed by atoms with Gasteiger partial charge < -0.3 is 10.1 Å². The summed E-state index contributed by atoms with van der Waals surface area (Å²) >= 11 is 3.07. The van der Waals surface area contributed by atoms with Crippen molar-refractivity contribution in [2.45, 2.75) is 6.10 Å². The molecular weight excluding hydrogens is 332 g/mol. The number of rotatable bonds is 2. The highest BCUT2D eigenvalue weighted by atomic mass is 79.9. The Bertz CT molecular complexity index is 626. The second-order valence-electron chi connectivity index (χ2n) is 4.47. The predicted octanol–water partition coefficient (Wildman–Crippen LogP) is 2.57. The average Bonchev–Trinajstić information content (AvgIpc) is 2.93. The Morgan fingerprint density at radius 3 is 2.95 bits per heavy atom. The van der Waals surface area contributed by atoms with Crippen molar-refractivity contribution in [3.05, 3.63) is 46.5 Å². The smallest absolute Gasteiger partial charge is 0.150 e. The fourth-order valence-electron chi connectivity index (χ4n) is 2.20. The van der Waals surface area contributed by atoms with Crippen molar-refractivity contribution >= 4 is 15.9 Å². The van der Waals surface area contributed by atoms with Gasteiger partial charge in [-0.05, 0) is 22.0 Å². The van der Waals surface area contributed by atoms with Crippen LogP contribution in [-0.2, 0) is 4.74 Å². The SMILES string of the molecule is Fc1cc(F)c(-n2cncc2C2CNCCO2)cc1Br. The van der Waals surface area contributed by atoms with Crippen LogP contribution in [0.3, 0.4) is 0 Å². The Balaban J connectivity index is 2.03. The van der Waals surface area contributed by atoms with Gasteiger partial charge in [-0.2, -0.15) is 0 Å². The molecule has 1 aliphatic rings. The molecule has 106 valence electrons. The molecule has 1 unspecified atom stereocenters. The van der Waals surface area contributed by atoms with Gasteiger partial charge in [0.1, 0.15) is 17.7 Å². The lowest BCUT2D eigenvalue weighted by Crippen LogP contribution is -2.34. The first-order valence-corrected chi connectivity index (χ1v) is 6.95. The van der Waals surface area contributed by atoms with Gasteiger partial charge in [0, 0.05) is 19.2 Å². The van der Waals surface area contributed by atoms with Crippen LogP contribution in [-0.4, -0.2) is 29.2 Å². The second-order valence-corrected chi connectivity index (χ2v) is 5.32. The molecule has 0 saturated carbocycles. The Kier molecular flexibility index (Phi) is 3.82. The van der Waals surface area contributed by atoms with Gasteiger partial charge in [-0.15, -0.1) is 0 Å². The van der Waals surface area contributed by atoms with E-state index >= 15 is 0 Å². The summed E-state index contributed by atoms with van der Waals surface area (Å²) < 4.78 is 34.7. The fraction of sp³-hybridized carbons (Fsp3) is 0.308. The van der Waals surface area contributed by atoms with Crippen molar-refractivity contribution in [2.24, 2.45) is 0 Å². The minimum atomic E-state index is -0.645. The van der Waals surface area contributed by atoms with E-state index in [0.717, 1.165) is 18.3 Å². The Labute approximate surface area is 122 Å². The highest BCUT2D eigenvalue weighted by molar-refractivity contribution is 9.10. The highest BCUT2D eigenvalue weighted by Crippen LogP contribution is 2.27. The van der Waals surface area contributed by atoms with Crippen LogP contribution in [0, 0.1) is 11.6 Å². The second kappa shape index (κ2) is 5.59. The molecule has 2 aromatic rings. The van der Waals surface area contributed by atoms with Crippen LogP contribution >= 0.6 is 15.9 Å². The van der Waals surface area contributed by atoms with E-state index in [1.807, 2.05) is 0 Å². The van der Waals surface area contributed by atoms with E-state index in [1.54, 1.807) is 10.8 Å². The maximum atomic E-state index is 14.0. The van der Waals surface area contributed by atoms with Gasteiger partial charge in [-0.25, -0.2) is 13.8 Å². The van der Waals surface area contributed by atoms with Crippen LogP contribution in [0.4, 0.5) is 8.78 Å². The Morgan fingerprint density at radius 2 is 2.20 bits per heavy atom. The van der Waals surface area contributed by atoms with Crippen LogP contribution in [0.5, 0.6) is 0 Å². The monoisotopic (exact) mass is 343 g/mol. The third-order valence-electron chi connectivity index (χ3n) is 3.17. The number of imidazole rings is 1. The van der Waals surface area contributed by atoms with Gasteiger partial charge in [0.15, 0.2) is 0 Å². The molecule has 0 spiro atoms. The van der Waals surface area contributed by atoms with Crippen LogP contribution in [0.15, 0.2) is 29.1 Å². The summed E-state index contributed by atoms with van der Waals surface area (Å²) in [7, 11) is 0.